The third-order valence-corrected chi connectivity index (χ3v) is 6.36. The molecule has 1 N–H and O–H groups in total. The van der Waals surface area contributed by atoms with Gasteiger partial charge in [0.1, 0.15) is 5.60 Å². The SMILES string of the molecule is CN(C)[C@]1(c2ccccc2)CC[C@@]2(CC1)CN(CCC(=O)OC(C)(C)C)C(=O)N2. The van der Waals surface area contributed by atoms with E-state index in [1.54, 1.807) is 4.90 Å². The summed E-state index contributed by atoms with van der Waals surface area (Å²) in [4.78, 5) is 28.7. The van der Waals surface area contributed by atoms with Gasteiger partial charge in [-0.05, 0) is 66.1 Å². The van der Waals surface area contributed by atoms with E-state index in [0.717, 1.165) is 25.7 Å². The van der Waals surface area contributed by atoms with E-state index in [2.05, 4.69) is 54.6 Å². The molecule has 29 heavy (non-hydrogen) atoms. The number of esters is 1. The molecule has 1 heterocycles. The topological polar surface area (TPSA) is 61.9 Å². The van der Waals surface area contributed by atoms with Gasteiger partial charge in [-0.3, -0.25) is 9.69 Å². The molecule has 6 heteroatoms. The van der Waals surface area contributed by atoms with Crippen LogP contribution in [0, 0.1) is 0 Å². The van der Waals surface area contributed by atoms with Gasteiger partial charge in [-0.1, -0.05) is 30.3 Å². The van der Waals surface area contributed by atoms with E-state index in [-0.39, 0.29) is 29.5 Å². The molecule has 0 bridgehead atoms. The number of carbonyl (C=O) groups excluding carboxylic acids is 2. The Labute approximate surface area is 174 Å². The first-order chi connectivity index (χ1) is 13.6. The molecule has 2 amide bonds. The molecule has 6 nitrogen and oxygen atoms in total. The summed E-state index contributed by atoms with van der Waals surface area (Å²) in [6, 6.07) is 10.6. The molecule has 1 aromatic rings. The highest BCUT2D eigenvalue weighted by Gasteiger charge is 2.49. The van der Waals surface area contributed by atoms with Gasteiger partial charge in [0.25, 0.3) is 0 Å². The summed E-state index contributed by atoms with van der Waals surface area (Å²) >= 11 is 0. The largest absolute Gasteiger partial charge is 0.460 e. The molecule has 2 aliphatic rings. The summed E-state index contributed by atoms with van der Waals surface area (Å²) in [5, 5.41) is 3.24. The lowest BCUT2D eigenvalue weighted by atomic mass is 9.69. The lowest BCUT2D eigenvalue weighted by Crippen LogP contribution is -2.54. The Morgan fingerprint density at radius 2 is 1.76 bits per heavy atom. The minimum atomic E-state index is -0.498. The number of benzene rings is 1. The lowest BCUT2D eigenvalue weighted by Gasteiger charge is -2.48. The van der Waals surface area contributed by atoms with Crippen molar-refractivity contribution in [2.24, 2.45) is 0 Å². The van der Waals surface area contributed by atoms with E-state index in [1.165, 1.54) is 5.56 Å². The molecule has 3 rings (SSSR count). The fourth-order valence-corrected chi connectivity index (χ4v) is 4.75. The molecule has 0 aromatic heterocycles. The van der Waals surface area contributed by atoms with Crippen molar-refractivity contribution in [1.82, 2.24) is 15.1 Å². The zero-order valence-corrected chi connectivity index (χ0v) is 18.5. The summed E-state index contributed by atoms with van der Waals surface area (Å²) < 4.78 is 5.37. The van der Waals surface area contributed by atoms with Crippen LogP contribution in [0.1, 0.15) is 58.4 Å². The van der Waals surface area contributed by atoms with Crippen LogP contribution in [0.25, 0.3) is 0 Å². The maximum Gasteiger partial charge on any atom is 0.317 e. The predicted molar refractivity (Wildman–Crippen MR) is 114 cm³/mol. The van der Waals surface area contributed by atoms with Gasteiger partial charge in [-0.2, -0.15) is 0 Å². The minimum Gasteiger partial charge on any atom is -0.460 e. The van der Waals surface area contributed by atoms with Crippen LogP contribution in [-0.2, 0) is 15.1 Å². The smallest absolute Gasteiger partial charge is 0.317 e. The molecule has 1 aromatic carbocycles. The second-order valence-electron chi connectivity index (χ2n) is 9.76. The van der Waals surface area contributed by atoms with E-state index >= 15 is 0 Å². The molecule has 0 unspecified atom stereocenters. The van der Waals surface area contributed by atoms with Crippen LogP contribution in [0.15, 0.2) is 30.3 Å². The highest BCUT2D eigenvalue weighted by molar-refractivity contribution is 5.79. The number of amides is 2. The Morgan fingerprint density at radius 1 is 1.14 bits per heavy atom. The number of rotatable bonds is 5. The first-order valence-corrected chi connectivity index (χ1v) is 10.6. The van der Waals surface area contributed by atoms with Crippen LogP contribution in [0.4, 0.5) is 4.79 Å². The van der Waals surface area contributed by atoms with E-state index in [4.69, 9.17) is 4.74 Å². The van der Waals surface area contributed by atoms with Crippen molar-refractivity contribution in [3.63, 3.8) is 0 Å². The molecule has 0 atom stereocenters. The zero-order chi connectivity index (χ0) is 21.3. The van der Waals surface area contributed by atoms with Crippen molar-refractivity contribution in [3.05, 3.63) is 35.9 Å². The van der Waals surface area contributed by atoms with Crippen LogP contribution in [0.5, 0.6) is 0 Å². The van der Waals surface area contributed by atoms with Crippen LogP contribution >= 0.6 is 0 Å². The highest BCUT2D eigenvalue weighted by Crippen LogP contribution is 2.45. The van der Waals surface area contributed by atoms with Crippen LogP contribution in [-0.4, -0.2) is 60.1 Å². The third kappa shape index (κ3) is 4.74. The Hall–Kier alpha value is -2.08. The number of hydrogen-bond donors (Lipinski definition) is 1. The monoisotopic (exact) mass is 401 g/mol. The second kappa shape index (κ2) is 7.98. The molecule has 0 radical (unpaired) electrons. The average molecular weight is 402 g/mol. The van der Waals surface area contributed by atoms with Crippen molar-refractivity contribution in [2.45, 2.75) is 69.6 Å². The molecule has 1 saturated carbocycles. The maximum absolute atomic E-state index is 12.6. The first-order valence-electron chi connectivity index (χ1n) is 10.6. The summed E-state index contributed by atoms with van der Waals surface area (Å²) in [6.07, 6.45) is 4.06. The Balaban J connectivity index is 1.62. The standard InChI is InChI=1S/C23H35N3O3/c1-21(2,3)29-19(27)11-16-26-17-22(24-20(26)28)12-14-23(15-13-22,25(4)5)18-9-7-6-8-10-18/h6-10H,11-17H2,1-5H3,(H,24,28)/t22-,23-. The van der Waals surface area contributed by atoms with Crippen LogP contribution < -0.4 is 5.32 Å². The Morgan fingerprint density at radius 3 is 2.31 bits per heavy atom. The van der Waals surface area contributed by atoms with Gasteiger partial charge in [-0.25, -0.2) is 4.79 Å². The van der Waals surface area contributed by atoms with Crippen molar-refractivity contribution in [1.29, 1.82) is 0 Å². The normalized spacial score (nSPS) is 27.4. The predicted octanol–water partition coefficient (Wildman–Crippen LogP) is 3.51. The molecule has 1 aliphatic heterocycles. The number of ether oxygens (including phenoxy) is 1. The minimum absolute atomic E-state index is 0.00116. The summed E-state index contributed by atoms with van der Waals surface area (Å²) in [6.45, 7) is 6.63. The van der Waals surface area contributed by atoms with Crippen molar-refractivity contribution >= 4 is 12.0 Å². The molecular weight excluding hydrogens is 366 g/mol. The van der Waals surface area contributed by atoms with Crippen LogP contribution in [0.2, 0.25) is 0 Å². The summed E-state index contributed by atoms with van der Waals surface area (Å²) in [7, 11) is 4.29. The number of carbonyl (C=O) groups is 2. The fraction of sp³-hybridized carbons (Fsp3) is 0.652. The van der Waals surface area contributed by atoms with E-state index in [1.807, 2.05) is 20.8 Å². The van der Waals surface area contributed by atoms with Gasteiger partial charge in [0.05, 0.1) is 12.0 Å². The molecular formula is C23H35N3O3. The summed E-state index contributed by atoms with van der Waals surface area (Å²) in [5.74, 6) is -0.259. The molecule has 1 saturated heterocycles. The molecule has 1 aliphatic carbocycles. The quantitative estimate of drug-likeness (QED) is 0.767. The van der Waals surface area contributed by atoms with Crippen molar-refractivity contribution < 1.29 is 14.3 Å². The molecule has 160 valence electrons. The number of urea groups is 1. The Kier molecular flexibility index (Phi) is 5.95. The van der Waals surface area contributed by atoms with E-state index in [9.17, 15) is 9.59 Å². The number of nitrogens with zero attached hydrogens (tertiary/aromatic N) is 2. The van der Waals surface area contributed by atoms with Gasteiger partial charge in [-0.15, -0.1) is 0 Å². The fourth-order valence-electron chi connectivity index (χ4n) is 4.75. The van der Waals surface area contributed by atoms with Gasteiger partial charge >= 0.3 is 12.0 Å². The molecule has 2 fully saturated rings. The third-order valence-electron chi connectivity index (χ3n) is 6.36. The van der Waals surface area contributed by atoms with Crippen LogP contribution in [0.3, 0.4) is 0 Å². The second-order valence-corrected chi connectivity index (χ2v) is 9.76. The van der Waals surface area contributed by atoms with Crippen molar-refractivity contribution in [3.8, 4) is 0 Å². The average Bonchev–Trinajstić information content (AvgIpc) is 2.95. The molecule has 1 spiro atoms. The van der Waals surface area contributed by atoms with Gasteiger partial charge in [0.15, 0.2) is 0 Å². The zero-order valence-electron chi connectivity index (χ0n) is 18.5. The first kappa shape index (κ1) is 21.6. The van der Waals surface area contributed by atoms with E-state index < -0.39 is 5.60 Å². The van der Waals surface area contributed by atoms with Gasteiger partial charge in [0, 0.05) is 18.6 Å². The number of hydrogen-bond acceptors (Lipinski definition) is 4. The Bertz CT molecular complexity index is 731. The highest BCUT2D eigenvalue weighted by atomic mass is 16.6. The van der Waals surface area contributed by atoms with Crippen molar-refractivity contribution in [2.75, 3.05) is 27.2 Å². The van der Waals surface area contributed by atoms with E-state index in [0.29, 0.717) is 13.1 Å². The summed E-state index contributed by atoms with van der Waals surface area (Å²) in [5.41, 5.74) is 0.647. The maximum atomic E-state index is 12.6. The van der Waals surface area contributed by atoms with Gasteiger partial charge in [0.2, 0.25) is 0 Å². The van der Waals surface area contributed by atoms with Gasteiger partial charge < -0.3 is 15.0 Å². The lowest BCUT2D eigenvalue weighted by molar-refractivity contribution is -0.155. The number of nitrogens with one attached hydrogen (secondary N) is 1.